The lowest BCUT2D eigenvalue weighted by atomic mass is 10.1. The van der Waals surface area contributed by atoms with Gasteiger partial charge in [0.05, 0.1) is 8.07 Å². The molecule has 2 aromatic carbocycles. The molecule has 2 atom stereocenters. The molecule has 104 valence electrons. The maximum atomic E-state index is 2.52. The van der Waals surface area contributed by atoms with Gasteiger partial charge in [-0.25, -0.2) is 0 Å². The molecule has 1 aliphatic carbocycles. The Morgan fingerprint density at radius 3 is 2.00 bits per heavy atom. The van der Waals surface area contributed by atoms with Crippen LogP contribution in [0.15, 0.2) is 65.6 Å². The Morgan fingerprint density at radius 2 is 1.45 bits per heavy atom. The highest BCUT2D eigenvalue weighted by molar-refractivity contribution is 8.03. The van der Waals surface area contributed by atoms with Gasteiger partial charge in [0.1, 0.15) is 0 Å². The average Bonchev–Trinajstić information content (AvgIpc) is 3.16. The molecule has 0 N–H and O–H groups in total. The summed E-state index contributed by atoms with van der Waals surface area (Å²) in [6.45, 7) is 7.56. The molecule has 0 bridgehead atoms. The molecule has 0 amide bonds. The summed E-state index contributed by atoms with van der Waals surface area (Å²) in [5, 5.41) is 0. The third-order valence-electron chi connectivity index (χ3n) is 4.42. The maximum Gasteiger partial charge on any atom is 0.0639 e. The lowest BCUT2D eigenvalue weighted by molar-refractivity contribution is 1.08. The van der Waals surface area contributed by atoms with Gasteiger partial charge in [-0.2, -0.15) is 0 Å². The summed E-state index contributed by atoms with van der Waals surface area (Å²) in [4.78, 5) is 1.42. The highest BCUT2D eigenvalue weighted by Crippen LogP contribution is 2.66. The van der Waals surface area contributed by atoms with Gasteiger partial charge < -0.3 is 0 Å². The van der Waals surface area contributed by atoms with Crippen molar-refractivity contribution in [3.05, 3.63) is 66.2 Å². The average molecular weight is 299 g/mol. The quantitative estimate of drug-likeness (QED) is 0.664. The minimum atomic E-state index is -1.24. The molecule has 3 rings (SSSR count). The number of benzene rings is 2. The minimum Gasteiger partial charge on any atom is -0.122 e. The van der Waals surface area contributed by atoms with Crippen LogP contribution in [0.25, 0.3) is 0 Å². The molecule has 0 nitrogen and oxygen atoms in total. The normalized spacial score (nSPS) is 25.4. The predicted octanol–water partition coefficient (Wildman–Crippen LogP) is 5.58. The summed E-state index contributed by atoms with van der Waals surface area (Å²) < 4.78 is 0.468. The standard InChI is InChI=1S/C18H22SSi/c1-20(2,3)18(19-16-12-8-5-9-13-16)14-17(18)15-10-6-4-7-11-15/h4-13,17H,14H2,1-3H3. The third kappa shape index (κ3) is 2.47. The third-order valence-corrected chi connectivity index (χ3v) is 11.0. The van der Waals surface area contributed by atoms with Crippen LogP contribution in [0, 0.1) is 0 Å². The van der Waals surface area contributed by atoms with E-state index in [0.717, 1.165) is 5.92 Å². The fourth-order valence-corrected chi connectivity index (χ4v) is 7.96. The van der Waals surface area contributed by atoms with Gasteiger partial charge in [-0.05, 0) is 30.0 Å². The summed E-state index contributed by atoms with van der Waals surface area (Å²) >= 11 is 2.13. The van der Waals surface area contributed by atoms with Crippen LogP contribution in [0.5, 0.6) is 0 Å². The van der Waals surface area contributed by atoms with Crippen LogP contribution in [0.2, 0.25) is 19.6 Å². The van der Waals surface area contributed by atoms with Gasteiger partial charge in [0.15, 0.2) is 0 Å². The second-order valence-electron chi connectivity index (χ2n) is 6.72. The van der Waals surface area contributed by atoms with Crippen LogP contribution in [-0.2, 0) is 0 Å². The molecule has 2 aromatic rings. The maximum absolute atomic E-state index is 2.52. The first-order valence-corrected chi connectivity index (χ1v) is 11.6. The molecule has 2 unspecified atom stereocenters. The minimum absolute atomic E-state index is 0.468. The predicted molar refractivity (Wildman–Crippen MR) is 92.2 cm³/mol. The summed E-state index contributed by atoms with van der Waals surface area (Å²) in [6.07, 6.45) is 1.34. The highest BCUT2D eigenvalue weighted by atomic mass is 32.2. The van der Waals surface area contributed by atoms with Gasteiger partial charge in [-0.3, -0.25) is 0 Å². The van der Waals surface area contributed by atoms with Crippen LogP contribution < -0.4 is 0 Å². The van der Waals surface area contributed by atoms with Crippen LogP contribution in [-0.4, -0.2) is 12.4 Å². The van der Waals surface area contributed by atoms with Gasteiger partial charge >= 0.3 is 0 Å². The lowest BCUT2D eigenvalue weighted by Crippen LogP contribution is -2.39. The lowest BCUT2D eigenvalue weighted by Gasteiger charge is -2.30. The van der Waals surface area contributed by atoms with Crippen molar-refractivity contribution in [3.8, 4) is 0 Å². The van der Waals surface area contributed by atoms with Crippen LogP contribution >= 0.6 is 11.8 Å². The second-order valence-corrected chi connectivity index (χ2v) is 13.9. The number of rotatable bonds is 4. The van der Waals surface area contributed by atoms with E-state index in [-0.39, 0.29) is 0 Å². The van der Waals surface area contributed by atoms with Crippen molar-refractivity contribution in [2.45, 2.75) is 41.2 Å². The molecule has 0 saturated heterocycles. The second kappa shape index (κ2) is 5.08. The fraction of sp³-hybridized carbons (Fsp3) is 0.333. The van der Waals surface area contributed by atoms with Crippen molar-refractivity contribution >= 4 is 19.8 Å². The first kappa shape index (κ1) is 14.0. The Bertz CT molecular complexity index is 573. The zero-order valence-corrected chi connectivity index (χ0v) is 14.3. The van der Waals surface area contributed by atoms with Crippen molar-refractivity contribution < 1.29 is 0 Å². The first-order chi connectivity index (χ1) is 9.53. The van der Waals surface area contributed by atoms with Crippen LogP contribution in [0.1, 0.15) is 17.9 Å². The Kier molecular flexibility index (Phi) is 3.55. The molecule has 1 saturated carbocycles. The Hall–Kier alpha value is -0.993. The van der Waals surface area contributed by atoms with Crippen LogP contribution in [0.3, 0.4) is 0 Å². The zero-order chi connectivity index (χ0) is 14.2. The van der Waals surface area contributed by atoms with Gasteiger partial charge in [0, 0.05) is 9.27 Å². The van der Waals surface area contributed by atoms with E-state index < -0.39 is 8.07 Å². The van der Waals surface area contributed by atoms with E-state index in [1.165, 1.54) is 16.9 Å². The van der Waals surface area contributed by atoms with E-state index in [2.05, 4.69) is 92.1 Å². The molecule has 0 aromatic heterocycles. The van der Waals surface area contributed by atoms with E-state index in [0.29, 0.717) is 4.37 Å². The molecule has 1 aliphatic rings. The van der Waals surface area contributed by atoms with E-state index in [1.807, 2.05) is 0 Å². The number of hydrogen-bond donors (Lipinski definition) is 0. The van der Waals surface area contributed by atoms with Crippen molar-refractivity contribution in [1.82, 2.24) is 0 Å². The van der Waals surface area contributed by atoms with E-state index in [4.69, 9.17) is 0 Å². The number of hydrogen-bond acceptors (Lipinski definition) is 1. The monoisotopic (exact) mass is 298 g/mol. The smallest absolute Gasteiger partial charge is 0.0639 e. The van der Waals surface area contributed by atoms with E-state index in [9.17, 15) is 0 Å². The molecule has 0 spiro atoms. The highest BCUT2D eigenvalue weighted by Gasteiger charge is 2.62. The molecule has 0 aliphatic heterocycles. The van der Waals surface area contributed by atoms with Gasteiger partial charge in [-0.15, -0.1) is 11.8 Å². The SMILES string of the molecule is C[Si](C)(C)C1(Sc2ccccc2)CC1c1ccccc1. The number of thioether (sulfide) groups is 1. The molecule has 2 heteroatoms. The van der Waals surface area contributed by atoms with Crippen molar-refractivity contribution in [1.29, 1.82) is 0 Å². The van der Waals surface area contributed by atoms with Gasteiger partial charge in [0.2, 0.25) is 0 Å². The largest absolute Gasteiger partial charge is 0.122 e. The molecule has 0 radical (unpaired) electrons. The van der Waals surface area contributed by atoms with Crippen molar-refractivity contribution in [2.24, 2.45) is 0 Å². The fourth-order valence-electron chi connectivity index (χ4n) is 3.11. The zero-order valence-electron chi connectivity index (χ0n) is 12.5. The first-order valence-electron chi connectivity index (χ1n) is 7.32. The summed E-state index contributed by atoms with van der Waals surface area (Å²) in [6, 6.07) is 22.0. The summed E-state index contributed by atoms with van der Waals surface area (Å²) in [7, 11) is -1.24. The molecule has 1 fully saturated rings. The Labute approximate surface area is 127 Å². The molecule has 0 heterocycles. The topological polar surface area (TPSA) is 0 Å². The van der Waals surface area contributed by atoms with Crippen LogP contribution in [0.4, 0.5) is 0 Å². The van der Waals surface area contributed by atoms with Gasteiger partial charge in [-0.1, -0.05) is 68.2 Å². The van der Waals surface area contributed by atoms with E-state index in [1.54, 1.807) is 0 Å². The summed E-state index contributed by atoms with van der Waals surface area (Å²) in [5.74, 6) is 0.737. The molecular weight excluding hydrogens is 276 g/mol. The Balaban J connectivity index is 1.90. The van der Waals surface area contributed by atoms with Crippen molar-refractivity contribution in [3.63, 3.8) is 0 Å². The van der Waals surface area contributed by atoms with Gasteiger partial charge in [0.25, 0.3) is 0 Å². The summed E-state index contributed by atoms with van der Waals surface area (Å²) in [5.41, 5.74) is 1.53. The van der Waals surface area contributed by atoms with E-state index >= 15 is 0 Å². The Morgan fingerprint density at radius 1 is 0.900 bits per heavy atom. The van der Waals surface area contributed by atoms with Crippen molar-refractivity contribution in [2.75, 3.05) is 0 Å². The molecular formula is C18H22SSi. The molecule has 20 heavy (non-hydrogen) atoms.